The highest BCUT2D eigenvalue weighted by Gasteiger charge is 2.36. The minimum Gasteiger partial charge on any atom is -0.375 e. The van der Waals surface area contributed by atoms with Crippen LogP contribution in [0.5, 0.6) is 0 Å². The molecule has 0 radical (unpaired) electrons. The number of nitrogens with zero attached hydrogens (tertiary/aromatic N) is 4. The summed E-state index contributed by atoms with van der Waals surface area (Å²) in [6, 6.07) is 5.94. The molecule has 2 aromatic rings. The first kappa shape index (κ1) is 18.9. The van der Waals surface area contributed by atoms with E-state index in [1.165, 1.54) is 0 Å². The van der Waals surface area contributed by atoms with Gasteiger partial charge in [0.1, 0.15) is 0 Å². The van der Waals surface area contributed by atoms with Gasteiger partial charge in [0.15, 0.2) is 5.82 Å². The maximum atomic E-state index is 12.9. The molecule has 2 aliphatic rings. The molecule has 1 aromatic heterocycles. The number of likely N-dealkylation sites (N-methyl/N-ethyl adjacent to an activating group) is 1. The van der Waals surface area contributed by atoms with Crippen LogP contribution in [0, 0.1) is 6.92 Å². The van der Waals surface area contributed by atoms with E-state index >= 15 is 0 Å². The van der Waals surface area contributed by atoms with Gasteiger partial charge in [0.2, 0.25) is 0 Å². The van der Waals surface area contributed by atoms with Crippen molar-refractivity contribution in [3.05, 3.63) is 29.6 Å². The van der Waals surface area contributed by atoms with E-state index in [1.807, 2.05) is 36.9 Å². The molecule has 2 unspecified atom stereocenters. The summed E-state index contributed by atoms with van der Waals surface area (Å²) in [5.74, 6) is 1.14. The lowest BCUT2D eigenvalue weighted by atomic mass is 9.99. The molecule has 3 heterocycles. The van der Waals surface area contributed by atoms with Crippen LogP contribution in [-0.2, 0) is 11.2 Å². The van der Waals surface area contributed by atoms with Gasteiger partial charge in [-0.25, -0.2) is 4.79 Å². The molecule has 8 heteroatoms. The smallest absolute Gasteiger partial charge is 0.321 e. The van der Waals surface area contributed by atoms with Crippen molar-refractivity contribution in [2.24, 2.45) is 0 Å². The summed E-state index contributed by atoms with van der Waals surface area (Å²) < 4.78 is 11.2. The number of aryl methyl sites for hydroxylation is 2. The van der Waals surface area contributed by atoms with E-state index in [0.29, 0.717) is 31.2 Å². The second kappa shape index (κ2) is 7.89. The van der Waals surface area contributed by atoms with Crippen molar-refractivity contribution < 1.29 is 14.1 Å². The molecule has 2 fully saturated rings. The summed E-state index contributed by atoms with van der Waals surface area (Å²) in [5, 5.41) is 7.00. The fourth-order valence-corrected chi connectivity index (χ4v) is 3.82. The van der Waals surface area contributed by atoms with Crippen LogP contribution in [0.3, 0.4) is 0 Å². The Morgan fingerprint density at radius 1 is 1.36 bits per heavy atom. The number of hydrogen-bond donors (Lipinski definition) is 1. The summed E-state index contributed by atoms with van der Waals surface area (Å²) >= 11 is 0. The number of amides is 2. The Morgan fingerprint density at radius 3 is 3.00 bits per heavy atom. The van der Waals surface area contributed by atoms with Gasteiger partial charge >= 0.3 is 6.03 Å². The Labute approximate surface area is 164 Å². The number of anilines is 1. The summed E-state index contributed by atoms with van der Waals surface area (Å²) in [7, 11) is 2.10. The van der Waals surface area contributed by atoms with Gasteiger partial charge < -0.3 is 19.5 Å². The van der Waals surface area contributed by atoms with E-state index in [0.717, 1.165) is 36.4 Å². The van der Waals surface area contributed by atoms with E-state index in [4.69, 9.17) is 9.26 Å². The normalized spacial score (nSPS) is 22.8. The Morgan fingerprint density at radius 2 is 2.21 bits per heavy atom. The number of ether oxygens (including phenoxy) is 1. The second-order valence-electron chi connectivity index (χ2n) is 7.52. The molecule has 150 valence electrons. The highest BCUT2D eigenvalue weighted by atomic mass is 16.5. The maximum absolute atomic E-state index is 12.9. The molecule has 28 heavy (non-hydrogen) atoms. The number of aromatic nitrogens is 2. The minimum absolute atomic E-state index is 0.0857. The van der Waals surface area contributed by atoms with Crippen LogP contribution in [-0.4, -0.2) is 71.4 Å². The first-order valence-electron chi connectivity index (χ1n) is 9.86. The number of carbonyl (C=O) groups excluding carboxylic acids is 1. The molecular formula is C20H27N5O3. The van der Waals surface area contributed by atoms with Gasteiger partial charge in [-0.2, -0.15) is 4.98 Å². The van der Waals surface area contributed by atoms with Gasteiger partial charge in [-0.1, -0.05) is 18.1 Å². The van der Waals surface area contributed by atoms with E-state index in [1.54, 1.807) is 0 Å². The molecule has 2 amide bonds. The number of morpholine rings is 1. The fraction of sp³-hybridized carbons (Fsp3) is 0.550. The van der Waals surface area contributed by atoms with Crippen molar-refractivity contribution in [1.29, 1.82) is 0 Å². The molecule has 2 saturated heterocycles. The predicted molar refractivity (Wildman–Crippen MR) is 105 cm³/mol. The number of nitrogens with one attached hydrogen (secondary N) is 1. The van der Waals surface area contributed by atoms with Crippen molar-refractivity contribution in [3.63, 3.8) is 0 Å². The number of urea groups is 1. The zero-order valence-corrected chi connectivity index (χ0v) is 16.6. The maximum Gasteiger partial charge on any atom is 0.321 e. The first-order valence-corrected chi connectivity index (χ1v) is 9.86. The minimum atomic E-state index is -0.0857. The Kier molecular flexibility index (Phi) is 5.32. The number of likely N-dealkylation sites (tertiary alicyclic amines) is 1. The van der Waals surface area contributed by atoms with Gasteiger partial charge in [0.25, 0.3) is 5.89 Å². The molecule has 0 spiro atoms. The van der Waals surface area contributed by atoms with Crippen LogP contribution in [0.4, 0.5) is 10.5 Å². The topological polar surface area (TPSA) is 83.7 Å². The van der Waals surface area contributed by atoms with Crippen LogP contribution < -0.4 is 5.32 Å². The lowest BCUT2D eigenvalue weighted by molar-refractivity contribution is -0.0875. The third-order valence-electron chi connectivity index (χ3n) is 5.66. The SMILES string of the molecule is CCc1noc(-c2ccc(C)c(NC(=O)N3CCC4OCCN(C)C4C3)c2)n1. The molecule has 1 aromatic carbocycles. The van der Waals surface area contributed by atoms with Crippen LogP contribution in [0.2, 0.25) is 0 Å². The number of benzene rings is 1. The van der Waals surface area contributed by atoms with Crippen LogP contribution in [0.1, 0.15) is 24.7 Å². The summed E-state index contributed by atoms with van der Waals surface area (Å²) in [5.41, 5.74) is 2.54. The molecule has 0 saturated carbocycles. The van der Waals surface area contributed by atoms with Crippen LogP contribution >= 0.6 is 0 Å². The van der Waals surface area contributed by atoms with Crippen molar-refractivity contribution in [2.75, 3.05) is 38.6 Å². The third kappa shape index (κ3) is 3.74. The molecule has 2 aliphatic heterocycles. The zero-order chi connectivity index (χ0) is 19.7. The molecular weight excluding hydrogens is 358 g/mol. The Balaban J connectivity index is 1.47. The Hall–Kier alpha value is -2.45. The third-order valence-corrected chi connectivity index (χ3v) is 5.66. The number of fused-ring (bicyclic) bond motifs is 1. The molecule has 1 N–H and O–H groups in total. The van der Waals surface area contributed by atoms with E-state index in [9.17, 15) is 4.79 Å². The first-order chi connectivity index (χ1) is 13.5. The average Bonchev–Trinajstić information content (AvgIpc) is 3.19. The molecule has 0 aliphatic carbocycles. The average molecular weight is 385 g/mol. The van der Waals surface area contributed by atoms with Crippen LogP contribution in [0.25, 0.3) is 11.5 Å². The zero-order valence-electron chi connectivity index (χ0n) is 16.6. The monoisotopic (exact) mass is 385 g/mol. The highest BCUT2D eigenvalue weighted by molar-refractivity contribution is 5.91. The van der Waals surface area contributed by atoms with Crippen molar-refractivity contribution in [3.8, 4) is 11.5 Å². The van der Waals surface area contributed by atoms with Crippen LogP contribution in [0.15, 0.2) is 22.7 Å². The fourth-order valence-electron chi connectivity index (χ4n) is 3.82. The van der Waals surface area contributed by atoms with Crippen molar-refractivity contribution >= 4 is 11.7 Å². The molecule has 4 rings (SSSR count). The van der Waals surface area contributed by atoms with E-state index in [2.05, 4.69) is 27.4 Å². The number of rotatable bonds is 3. The van der Waals surface area contributed by atoms with Crippen molar-refractivity contribution in [1.82, 2.24) is 19.9 Å². The standard InChI is InChI=1S/C20H27N5O3/c1-4-18-22-19(28-23-18)14-6-5-13(2)15(11-14)21-20(26)25-8-7-17-16(12-25)24(3)9-10-27-17/h5-6,11,16-17H,4,7-10,12H2,1-3H3,(H,21,26). The summed E-state index contributed by atoms with van der Waals surface area (Å²) in [4.78, 5) is 21.4. The quantitative estimate of drug-likeness (QED) is 0.874. The number of carbonyl (C=O) groups is 1. The Bertz CT molecular complexity index is 852. The van der Waals surface area contributed by atoms with E-state index < -0.39 is 0 Å². The van der Waals surface area contributed by atoms with Gasteiger partial charge in [-0.15, -0.1) is 0 Å². The van der Waals surface area contributed by atoms with Crippen molar-refractivity contribution in [2.45, 2.75) is 38.8 Å². The molecule has 8 nitrogen and oxygen atoms in total. The lowest BCUT2D eigenvalue weighted by Gasteiger charge is -2.45. The molecule has 0 bridgehead atoms. The van der Waals surface area contributed by atoms with Gasteiger partial charge in [0, 0.05) is 37.3 Å². The van der Waals surface area contributed by atoms with Gasteiger partial charge in [-0.05, 0) is 38.1 Å². The highest BCUT2D eigenvalue weighted by Crippen LogP contribution is 2.26. The lowest BCUT2D eigenvalue weighted by Crippen LogP contribution is -2.60. The van der Waals surface area contributed by atoms with E-state index in [-0.39, 0.29) is 18.2 Å². The second-order valence-corrected chi connectivity index (χ2v) is 7.52. The molecule has 2 atom stereocenters. The number of hydrogen-bond acceptors (Lipinski definition) is 6. The largest absolute Gasteiger partial charge is 0.375 e. The summed E-state index contributed by atoms with van der Waals surface area (Å²) in [6.45, 7) is 7.00. The predicted octanol–water partition coefficient (Wildman–Crippen LogP) is 2.54. The summed E-state index contributed by atoms with van der Waals surface area (Å²) in [6.07, 6.45) is 1.80. The number of piperidine rings is 1. The van der Waals surface area contributed by atoms with Gasteiger partial charge in [0.05, 0.1) is 18.8 Å². The van der Waals surface area contributed by atoms with Gasteiger partial charge in [-0.3, -0.25) is 4.90 Å².